The SMILES string of the molecule is O=C1NCCC1S(=O)(=O)c1ccccc1. The maximum absolute atomic E-state index is 12.0. The Morgan fingerprint density at radius 2 is 1.87 bits per heavy atom. The van der Waals surface area contributed by atoms with E-state index in [9.17, 15) is 13.2 Å². The summed E-state index contributed by atoms with van der Waals surface area (Å²) in [4.78, 5) is 11.5. The van der Waals surface area contributed by atoms with Crippen LogP contribution in [-0.2, 0) is 14.6 Å². The van der Waals surface area contributed by atoms with Crippen molar-refractivity contribution in [3.8, 4) is 0 Å². The van der Waals surface area contributed by atoms with E-state index in [1.165, 1.54) is 12.1 Å². The van der Waals surface area contributed by atoms with Gasteiger partial charge in [0.15, 0.2) is 9.84 Å². The zero-order valence-corrected chi connectivity index (χ0v) is 8.83. The molecular weight excluding hydrogens is 214 g/mol. The second-order valence-corrected chi connectivity index (χ2v) is 5.56. The first-order chi connectivity index (χ1) is 7.12. The molecule has 1 amide bonds. The summed E-state index contributed by atoms with van der Waals surface area (Å²) in [5.41, 5.74) is 0. The summed E-state index contributed by atoms with van der Waals surface area (Å²) in [5.74, 6) is -0.390. The molecule has 1 N–H and O–H groups in total. The van der Waals surface area contributed by atoms with Crippen LogP contribution in [0, 0.1) is 0 Å². The van der Waals surface area contributed by atoms with Gasteiger partial charge in [-0.05, 0) is 18.6 Å². The van der Waals surface area contributed by atoms with Gasteiger partial charge in [-0.1, -0.05) is 18.2 Å². The van der Waals surface area contributed by atoms with Gasteiger partial charge in [0.2, 0.25) is 5.91 Å². The number of hydrogen-bond donors (Lipinski definition) is 1. The second-order valence-electron chi connectivity index (χ2n) is 3.43. The highest BCUT2D eigenvalue weighted by molar-refractivity contribution is 7.92. The van der Waals surface area contributed by atoms with Gasteiger partial charge in [-0.3, -0.25) is 4.79 Å². The predicted molar refractivity (Wildman–Crippen MR) is 55.0 cm³/mol. The number of benzene rings is 1. The standard InChI is InChI=1S/C10H11NO3S/c12-10-9(6-7-11-10)15(13,14)8-4-2-1-3-5-8/h1-5,9H,6-7H2,(H,11,12). The third-order valence-corrected chi connectivity index (χ3v) is 4.57. The van der Waals surface area contributed by atoms with Crippen molar-refractivity contribution in [1.82, 2.24) is 5.32 Å². The van der Waals surface area contributed by atoms with E-state index in [4.69, 9.17) is 0 Å². The largest absolute Gasteiger partial charge is 0.355 e. The molecule has 0 saturated carbocycles. The van der Waals surface area contributed by atoms with Gasteiger partial charge < -0.3 is 5.32 Å². The summed E-state index contributed by atoms with van der Waals surface area (Å²) >= 11 is 0. The van der Waals surface area contributed by atoms with Crippen LogP contribution < -0.4 is 5.32 Å². The highest BCUT2D eigenvalue weighted by atomic mass is 32.2. The fourth-order valence-corrected chi connectivity index (χ4v) is 3.30. The van der Waals surface area contributed by atoms with Crippen molar-refractivity contribution in [1.29, 1.82) is 0 Å². The number of sulfone groups is 1. The molecule has 0 radical (unpaired) electrons. The summed E-state index contributed by atoms with van der Waals surface area (Å²) < 4.78 is 24.0. The molecule has 0 aliphatic carbocycles. The van der Waals surface area contributed by atoms with Crippen LogP contribution in [0.1, 0.15) is 6.42 Å². The first-order valence-electron chi connectivity index (χ1n) is 4.69. The van der Waals surface area contributed by atoms with Crippen LogP contribution in [0.3, 0.4) is 0 Å². The summed E-state index contributed by atoms with van der Waals surface area (Å²) in [6.45, 7) is 0.440. The minimum atomic E-state index is -3.50. The van der Waals surface area contributed by atoms with E-state index in [0.717, 1.165) is 0 Å². The summed E-state index contributed by atoms with van der Waals surface area (Å²) in [5, 5.41) is 1.61. The van der Waals surface area contributed by atoms with E-state index in [1.807, 2.05) is 0 Å². The lowest BCUT2D eigenvalue weighted by molar-refractivity contribution is -0.118. The number of carbonyl (C=O) groups is 1. The van der Waals surface area contributed by atoms with Gasteiger partial charge in [0.1, 0.15) is 5.25 Å². The van der Waals surface area contributed by atoms with Crippen molar-refractivity contribution in [3.63, 3.8) is 0 Å². The molecule has 80 valence electrons. The summed E-state index contributed by atoms with van der Waals surface area (Å²) in [6, 6.07) is 8.08. The monoisotopic (exact) mass is 225 g/mol. The average molecular weight is 225 g/mol. The van der Waals surface area contributed by atoms with E-state index >= 15 is 0 Å². The molecule has 1 aliphatic rings. The van der Waals surface area contributed by atoms with Gasteiger partial charge in [-0.2, -0.15) is 0 Å². The van der Waals surface area contributed by atoms with Gasteiger partial charge in [0.05, 0.1) is 4.90 Å². The predicted octanol–water partition coefficient (Wildman–Crippen LogP) is 0.349. The maximum Gasteiger partial charge on any atom is 0.238 e. The summed E-state index contributed by atoms with van der Waals surface area (Å²) in [7, 11) is -3.50. The van der Waals surface area contributed by atoms with Crippen LogP contribution in [0.15, 0.2) is 35.2 Å². The third kappa shape index (κ3) is 1.74. The van der Waals surface area contributed by atoms with Crippen molar-refractivity contribution < 1.29 is 13.2 Å². The normalized spacial score (nSPS) is 21.3. The Bertz CT molecular complexity index is 467. The van der Waals surface area contributed by atoms with E-state index in [1.54, 1.807) is 18.2 Å². The molecule has 1 heterocycles. The molecule has 2 rings (SSSR count). The quantitative estimate of drug-likeness (QED) is 0.790. The molecular formula is C10H11NO3S. The van der Waals surface area contributed by atoms with E-state index in [0.29, 0.717) is 13.0 Å². The van der Waals surface area contributed by atoms with Crippen molar-refractivity contribution in [2.45, 2.75) is 16.6 Å². The molecule has 15 heavy (non-hydrogen) atoms. The topological polar surface area (TPSA) is 63.2 Å². The van der Waals surface area contributed by atoms with Crippen molar-refractivity contribution in [3.05, 3.63) is 30.3 Å². The van der Waals surface area contributed by atoms with Crippen molar-refractivity contribution >= 4 is 15.7 Å². The van der Waals surface area contributed by atoms with E-state index in [2.05, 4.69) is 5.32 Å². The lowest BCUT2D eigenvalue weighted by Crippen LogP contribution is -2.30. The Morgan fingerprint density at radius 3 is 2.40 bits per heavy atom. The molecule has 1 aromatic rings. The van der Waals surface area contributed by atoms with E-state index < -0.39 is 15.1 Å². The highest BCUT2D eigenvalue weighted by Crippen LogP contribution is 2.20. The zero-order chi connectivity index (χ0) is 10.9. The molecule has 1 aliphatic heterocycles. The van der Waals surface area contributed by atoms with Gasteiger partial charge in [-0.15, -0.1) is 0 Å². The molecule has 0 bridgehead atoms. The molecule has 4 nitrogen and oxygen atoms in total. The number of rotatable bonds is 2. The van der Waals surface area contributed by atoms with E-state index in [-0.39, 0.29) is 10.8 Å². The van der Waals surface area contributed by atoms with Crippen molar-refractivity contribution in [2.75, 3.05) is 6.54 Å². The van der Waals surface area contributed by atoms with Crippen LogP contribution >= 0.6 is 0 Å². The van der Waals surface area contributed by atoms with Crippen LogP contribution in [-0.4, -0.2) is 26.1 Å². The average Bonchev–Trinajstić information content (AvgIpc) is 2.66. The van der Waals surface area contributed by atoms with Crippen molar-refractivity contribution in [2.24, 2.45) is 0 Å². The van der Waals surface area contributed by atoms with Crippen LogP contribution in [0.25, 0.3) is 0 Å². The lowest BCUT2D eigenvalue weighted by Gasteiger charge is -2.08. The number of carbonyl (C=O) groups excluding carboxylic acids is 1. The highest BCUT2D eigenvalue weighted by Gasteiger charge is 2.37. The first kappa shape index (κ1) is 10.2. The Balaban J connectivity index is 2.40. The first-order valence-corrected chi connectivity index (χ1v) is 6.23. The third-order valence-electron chi connectivity index (χ3n) is 2.44. The Labute approximate surface area is 88.2 Å². The Hall–Kier alpha value is -1.36. The number of amides is 1. The molecule has 1 atom stereocenters. The molecule has 0 spiro atoms. The Kier molecular flexibility index (Phi) is 2.48. The lowest BCUT2D eigenvalue weighted by atomic mass is 10.4. The van der Waals surface area contributed by atoms with Crippen LogP contribution in [0.4, 0.5) is 0 Å². The van der Waals surface area contributed by atoms with Gasteiger partial charge in [0.25, 0.3) is 0 Å². The number of hydrogen-bond acceptors (Lipinski definition) is 3. The second kappa shape index (κ2) is 3.66. The van der Waals surface area contributed by atoms with Gasteiger partial charge >= 0.3 is 0 Å². The smallest absolute Gasteiger partial charge is 0.238 e. The molecule has 0 aromatic heterocycles. The molecule has 5 heteroatoms. The minimum absolute atomic E-state index is 0.215. The molecule has 1 saturated heterocycles. The fraction of sp³-hybridized carbons (Fsp3) is 0.300. The summed E-state index contributed by atoms with van der Waals surface area (Å²) in [6.07, 6.45) is 0.357. The Morgan fingerprint density at radius 1 is 1.20 bits per heavy atom. The molecule has 1 fully saturated rings. The van der Waals surface area contributed by atoms with Gasteiger partial charge in [0, 0.05) is 6.54 Å². The van der Waals surface area contributed by atoms with Crippen LogP contribution in [0.2, 0.25) is 0 Å². The van der Waals surface area contributed by atoms with Crippen LogP contribution in [0.5, 0.6) is 0 Å². The van der Waals surface area contributed by atoms with Gasteiger partial charge in [-0.25, -0.2) is 8.42 Å². The number of nitrogens with one attached hydrogen (secondary N) is 1. The minimum Gasteiger partial charge on any atom is -0.355 e. The molecule has 1 aromatic carbocycles. The fourth-order valence-electron chi connectivity index (χ4n) is 1.64. The molecule has 1 unspecified atom stereocenters. The maximum atomic E-state index is 12.0. The zero-order valence-electron chi connectivity index (χ0n) is 8.01.